The zero-order chi connectivity index (χ0) is 9.26. The highest BCUT2D eigenvalue weighted by molar-refractivity contribution is 5.21. The minimum Gasteiger partial charge on any atom is -0.330 e. The Bertz CT molecular complexity index is 310. The molecule has 0 radical (unpaired) electrons. The Kier molecular flexibility index (Phi) is 2.24. The van der Waals surface area contributed by atoms with E-state index in [-0.39, 0.29) is 0 Å². The van der Waals surface area contributed by atoms with Crippen LogP contribution < -0.4 is 5.73 Å². The summed E-state index contributed by atoms with van der Waals surface area (Å²) in [5.74, 6) is 0.872. The van der Waals surface area contributed by atoms with Gasteiger partial charge < -0.3 is 5.73 Å². The first kappa shape index (κ1) is 8.59. The zero-order valence-electron chi connectivity index (χ0n) is 7.82. The van der Waals surface area contributed by atoms with Gasteiger partial charge in [0.2, 0.25) is 0 Å². The van der Waals surface area contributed by atoms with Gasteiger partial charge in [-0.3, -0.25) is 4.90 Å². The third kappa shape index (κ3) is 1.68. The maximum absolute atomic E-state index is 5.44. The molecule has 1 aliphatic rings. The largest absolute Gasteiger partial charge is 0.330 e. The summed E-state index contributed by atoms with van der Waals surface area (Å²) < 4.78 is 0. The number of hydrogen-bond acceptors (Lipinski definition) is 4. The Morgan fingerprint density at radius 3 is 3.15 bits per heavy atom. The Morgan fingerprint density at radius 1 is 1.54 bits per heavy atom. The molecule has 0 fully saturated rings. The second-order valence-electron chi connectivity index (χ2n) is 3.47. The van der Waals surface area contributed by atoms with Gasteiger partial charge in [0, 0.05) is 31.3 Å². The van der Waals surface area contributed by atoms with Gasteiger partial charge in [0.15, 0.2) is 0 Å². The highest BCUT2D eigenvalue weighted by Gasteiger charge is 2.17. The predicted molar refractivity (Wildman–Crippen MR) is 50.0 cm³/mol. The molecule has 0 bridgehead atoms. The van der Waals surface area contributed by atoms with Crippen LogP contribution in [0.4, 0.5) is 0 Å². The van der Waals surface area contributed by atoms with Gasteiger partial charge in [-0.25, -0.2) is 9.97 Å². The third-order valence-corrected chi connectivity index (χ3v) is 2.23. The van der Waals surface area contributed by atoms with Crippen LogP contribution in [0.15, 0.2) is 6.20 Å². The smallest absolute Gasteiger partial charge is 0.129 e. The molecule has 13 heavy (non-hydrogen) atoms. The molecular formula is C9H14N4. The van der Waals surface area contributed by atoms with Crippen molar-refractivity contribution in [2.45, 2.75) is 19.5 Å². The number of rotatable bonds is 2. The molecule has 4 heteroatoms. The molecule has 0 aromatic carbocycles. The summed E-state index contributed by atoms with van der Waals surface area (Å²) in [7, 11) is 2.09. The van der Waals surface area contributed by atoms with E-state index in [1.807, 2.05) is 6.20 Å². The number of hydrogen-bond donors (Lipinski definition) is 1. The highest BCUT2D eigenvalue weighted by Crippen LogP contribution is 2.17. The van der Waals surface area contributed by atoms with E-state index in [2.05, 4.69) is 21.9 Å². The first-order valence-corrected chi connectivity index (χ1v) is 4.52. The minimum atomic E-state index is 0.620. The fraction of sp³-hybridized carbons (Fsp3) is 0.556. The number of nitrogens with zero attached hydrogens (tertiary/aromatic N) is 3. The van der Waals surface area contributed by atoms with Crippen LogP contribution in [0.3, 0.4) is 0 Å². The maximum atomic E-state index is 5.44. The van der Waals surface area contributed by atoms with Crippen LogP contribution >= 0.6 is 0 Å². The molecule has 1 aromatic heterocycles. The van der Waals surface area contributed by atoms with Crippen LogP contribution in [0.5, 0.6) is 0 Å². The van der Waals surface area contributed by atoms with Gasteiger partial charge in [-0.1, -0.05) is 0 Å². The standard InChI is InChI=1S/C9H14N4/c1-13-5-7-4-11-9(2-3-10)12-8(7)6-13/h4H,2-3,5-6,10H2,1H3. The molecule has 70 valence electrons. The molecule has 2 heterocycles. The minimum absolute atomic E-state index is 0.620. The van der Waals surface area contributed by atoms with Gasteiger partial charge >= 0.3 is 0 Å². The Morgan fingerprint density at radius 2 is 2.38 bits per heavy atom. The van der Waals surface area contributed by atoms with Gasteiger partial charge in [-0.05, 0) is 13.6 Å². The summed E-state index contributed by atoms with van der Waals surface area (Å²) in [4.78, 5) is 10.9. The van der Waals surface area contributed by atoms with Crippen molar-refractivity contribution in [3.05, 3.63) is 23.3 Å². The molecule has 2 rings (SSSR count). The molecule has 0 saturated heterocycles. The van der Waals surface area contributed by atoms with E-state index in [0.717, 1.165) is 25.3 Å². The monoisotopic (exact) mass is 178 g/mol. The van der Waals surface area contributed by atoms with Crippen molar-refractivity contribution in [3.63, 3.8) is 0 Å². The van der Waals surface area contributed by atoms with Crippen molar-refractivity contribution in [2.75, 3.05) is 13.6 Å². The van der Waals surface area contributed by atoms with Crippen molar-refractivity contribution in [3.8, 4) is 0 Å². The Hall–Kier alpha value is -1.00. The molecule has 0 aliphatic carbocycles. The number of aromatic nitrogens is 2. The molecule has 4 nitrogen and oxygen atoms in total. The second kappa shape index (κ2) is 3.40. The summed E-state index contributed by atoms with van der Waals surface area (Å²) >= 11 is 0. The zero-order valence-corrected chi connectivity index (χ0v) is 7.82. The quantitative estimate of drug-likeness (QED) is 0.688. The molecule has 0 saturated carbocycles. The highest BCUT2D eigenvalue weighted by atomic mass is 15.1. The van der Waals surface area contributed by atoms with Gasteiger partial charge in [-0.2, -0.15) is 0 Å². The summed E-state index contributed by atoms with van der Waals surface area (Å²) in [5, 5.41) is 0. The van der Waals surface area contributed by atoms with Crippen LogP contribution in [-0.4, -0.2) is 28.5 Å². The summed E-state index contributed by atoms with van der Waals surface area (Å²) in [6.45, 7) is 2.53. The summed E-state index contributed by atoms with van der Waals surface area (Å²) in [6.07, 6.45) is 2.70. The first-order valence-electron chi connectivity index (χ1n) is 4.52. The van der Waals surface area contributed by atoms with Crippen LogP contribution in [-0.2, 0) is 19.5 Å². The lowest BCUT2D eigenvalue weighted by Crippen LogP contribution is -2.08. The first-order chi connectivity index (χ1) is 6.29. The molecule has 0 spiro atoms. The van der Waals surface area contributed by atoms with Gasteiger partial charge in [0.05, 0.1) is 5.69 Å². The molecule has 2 N–H and O–H groups in total. The topological polar surface area (TPSA) is 55.0 Å². The third-order valence-electron chi connectivity index (χ3n) is 2.23. The fourth-order valence-corrected chi connectivity index (χ4v) is 1.60. The number of nitrogens with two attached hydrogens (primary N) is 1. The van der Waals surface area contributed by atoms with Crippen molar-refractivity contribution in [1.82, 2.24) is 14.9 Å². The van der Waals surface area contributed by atoms with Crippen LogP contribution in [0, 0.1) is 0 Å². The lowest BCUT2D eigenvalue weighted by Gasteiger charge is -2.02. The second-order valence-corrected chi connectivity index (χ2v) is 3.47. The molecule has 0 unspecified atom stereocenters. The Balaban J connectivity index is 2.24. The lowest BCUT2D eigenvalue weighted by molar-refractivity contribution is 0.351. The van der Waals surface area contributed by atoms with E-state index in [1.54, 1.807) is 0 Å². The van der Waals surface area contributed by atoms with Crippen molar-refractivity contribution < 1.29 is 0 Å². The van der Waals surface area contributed by atoms with Gasteiger partial charge in [-0.15, -0.1) is 0 Å². The number of fused-ring (bicyclic) bond motifs is 1. The maximum Gasteiger partial charge on any atom is 0.129 e. The Labute approximate surface area is 77.8 Å². The molecular weight excluding hydrogens is 164 g/mol. The van der Waals surface area contributed by atoms with E-state index in [9.17, 15) is 0 Å². The van der Waals surface area contributed by atoms with E-state index in [1.165, 1.54) is 11.3 Å². The SMILES string of the molecule is CN1Cc2cnc(CCN)nc2C1. The average Bonchev–Trinajstić information content (AvgIpc) is 2.44. The normalized spacial score (nSPS) is 16.2. The summed E-state index contributed by atoms with van der Waals surface area (Å²) in [5.41, 5.74) is 7.86. The average molecular weight is 178 g/mol. The van der Waals surface area contributed by atoms with Gasteiger partial charge in [0.25, 0.3) is 0 Å². The molecule has 1 aromatic rings. The van der Waals surface area contributed by atoms with E-state index < -0.39 is 0 Å². The molecule has 0 atom stereocenters. The van der Waals surface area contributed by atoms with Crippen molar-refractivity contribution in [2.24, 2.45) is 5.73 Å². The van der Waals surface area contributed by atoms with E-state index in [4.69, 9.17) is 5.73 Å². The fourth-order valence-electron chi connectivity index (χ4n) is 1.60. The van der Waals surface area contributed by atoms with Crippen LogP contribution in [0.25, 0.3) is 0 Å². The van der Waals surface area contributed by atoms with E-state index in [0.29, 0.717) is 6.54 Å². The van der Waals surface area contributed by atoms with Crippen molar-refractivity contribution in [1.29, 1.82) is 0 Å². The summed E-state index contributed by atoms with van der Waals surface area (Å²) in [6, 6.07) is 0. The molecule has 1 aliphatic heterocycles. The van der Waals surface area contributed by atoms with Gasteiger partial charge in [0.1, 0.15) is 5.82 Å². The predicted octanol–water partition coefficient (Wildman–Crippen LogP) is -0.0768. The molecule has 0 amide bonds. The van der Waals surface area contributed by atoms with Crippen molar-refractivity contribution >= 4 is 0 Å². The van der Waals surface area contributed by atoms with Crippen LogP contribution in [0.2, 0.25) is 0 Å². The van der Waals surface area contributed by atoms with Crippen LogP contribution in [0.1, 0.15) is 17.1 Å². The van der Waals surface area contributed by atoms with E-state index >= 15 is 0 Å². The lowest BCUT2D eigenvalue weighted by atomic mass is 10.2.